The quantitative estimate of drug-likeness (QED) is 0.191. The Morgan fingerprint density at radius 1 is 0.946 bits per heavy atom. The summed E-state index contributed by atoms with van der Waals surface area (Å²) in [6, 6.07) is 12.5. The molecule has 1 aliphatic carbocycles. The molecule has 1 saturated carbocycles. The predicted molar refractivity (Wildman–Crippen MR) is 216 cm³/mol. The molecule has 298 valence electrons. The molecule has 0 atom stereocenters. The predicted octanol–water partition coefficient (Wildman–Crippen LogP) is 6.58. The third-order valence-electron chi connectivity index (χ3n) is 11.7. The van der Waals surface area contributed by atoms with E-state index in [2.05, 4.69) is 44.3 Å². The molecule has 2 aromatic carbocycles. The minimum absolute atomic E-state index is 0.0566. The summed E-state index contributed by atoms with van der Waals surface area (Å²) in [6.07, 6.45) is 11.2. The largest absolute Gasteiger partial charge is 0.497 e. The number of methoxy groups -OCH3 is 1. The SMILES string of the molecule is COc1ccc2c(c1)C=C(c1c(C(=O)N3CCOCC3)cnn1C1CCOCC1)Cn1c-2c(C2CCCCC2)c2ccc(CC(=O)NS(=O)(=O)CC(C)C)cc21. The van der Waals surface area contributed by atoms with E-state index in [1.54, 1.807) is 13.3 Å². The fourth-order valence-electron chi connectivity index (χ4n) is 9.20. The summed E-state index contributed by atoms with van der Waals surface area (Å²) in [7, 11) is -2.07. The van der Waals surface area contributed by atoms with E-state index >= 15 is 0 Å². The third-order valence-corrected chi connectivity index (χ3v) is 13.3. The van der Waals surface area contributed by atoms with Crippen LogP contribution in [0.4, 0.5) is 0 Å². The lowest BCUT2D eigenvalue weighted by Crippen LogP contribution is -2.41. The number of carbonyl (C=O) groups is 2. The molecule has 2 amide bonds. The summed E-state index contributed by atoms with van der Waals surface area (Å²) in [5, 5.41) is 6.09. The molecule has 3 fully saturated rings. The van der Waals surface area contributed by atoms with E-state index in [1.165, 1.54) is 12.0 Å². The fourth-order valence-corrected chi connectivity index (χ4v) is 10.6. The Kier molecular flexibility index (Phi) is 11.1. The normalized spacial score (nSPS) is 18.4. The summed E-state index contributed by atoms with van der Waals surface area (Å²) in [4.78, 5) is 29.5. The van der Waals surface area contributed by atoms with E-state index < -0.39 is 15.9 Å². The van der Waals surface area contributed by atoms with Gasteiger partial charge >= 0.3 is 0 Å². The number of carbonyl (C=O) groups excluding carboxylic acids is 2. The van der Waals surface area contributed by atoms with Crippen LogP contribution < -0.4 is 9.46 Å². The summed E-state index contributed by atoms with van der Waals surface area (Å²) in [5.41, 5.74) is 8.55. The molecule has 3 aliphatic heterocycles. The van der Waals surface area contributed by atoms with Gasteiger partial charge in [0.25, 0.3) is 5.91 Å². The second-order valence-electron chi connectivity index (χ2n) is 16.1. The van der Waals surface area contributed by atoms with Gasteiger partial charge in [-0.1, -0.05) is 45.2 Å². The van der Waals surface area contributed by atoms with E-state index in [4.69, 9.17) is 19.3 Å². The van der Waals surface area contributed by atoms with Crippen molar-refractivity contribution in [2.24, 2.45) is 5.92 Å². The summed E-state index contributed by atoms with van der Waals surface area (Å²) in [5.74, 6) is 0.258. The molecule has 5 heterocycles. The van der Waals surface area contributed by atoms with Crippen LogP contribution in [-0.2, 0) is 37.3 Å². The highest BCUT2D eigenvalue weighted by Gasteiger charge is 2.34. The first kappa shape index (κ1) is 38.4. The number of nitrogens with zero attached hydrogens (tertiary/aromatic N) is 4. The van der Waals surface area contributed by atoms with Crippen molar-refractivity contribution in [1.82, 2.24) is 24.0 Å². The lowest BCUT2D eigenvalue weighted by Gasteiger charge is -2.28. The number of hydrogen-bond donors (Lipinski definition) is 1. The molecule has 1 N–H and O–H groups in total. The highest BCUT2D eigenvalue weighted by atomic mass is 32.2. The number of allylic oxidation sites excluding steroid dienone is 1. The van der Waals surface area contributed by atoms with Crippen LogP contribution in [0.15, 0.2) is 42.6 Å². The lowest BCUT2D eigenvalue weighted by molar-refractivity contribution is -0.118. The number of nitrogens with one attached hydrogen (secondary N) is 1. The van der Waals surface area contributed by atoms with Crippen LogP contribution in [0.3, 0.4) is 0 Å². The maximum atomic E-state index is 14.4. The fraction of sp³-hybridized carbons (Fsp3) is 0.512. The van der Waals surface area contributed by atoms with Gasteiger partial charge in [-0.15, -0.1) is 0 Å². The molecule has 13 heteroatoms. The third kappa shape index (κ3) is 7.77. The summed E-state index contributed by atoms with van der Waals surface area (Å²) >= 11 is 0. The smallest absolute Gasteiger partial charge is 0.257 e. The monoisotopic (exact) mass is 783 g/mol. The summed E-state index contributed by atoms with van der Waals surface area (Å²) in [6.45, 7) is 7.37. The molecular weight excluding hydrogens is 731 g/mol. The topological polar surface area (TPSA) is 134 Å². The van der Waals surface area contributed by atoms with Crippen LogP contribution in [0.2, 0.25) is 0 Å². The maximum Gasteiger partial charge on any atom is 0.257 e. The summed E-state index contributed by atoms with van der Waals surface area (Å²) < 4.78 is 49.3. The molecule has 0 spiro atoms. The molecule has 12 nitrogen and oxygen atoms in total. The molecule has 4 aliphatic rings. The van der Waals surface area contributed by atoms with Crippen LogP contribution in [0.1, 0.15) is 103 Å². The Morgan fingerprint density at radius 2 is 1.70 bits per heavy atom. The van der Waals surface area contributed by atoms with Gasteiger partial charge in [0, 0.05) is 42.8 Å². The van der Waals surface area contributed by atoms with Crippen molar-refractivity contribution in [1.29, 1.82) is 0 Å². The van der Waals surface area contributed by atoms with Gasteiger partial charge < -0.3 is 23.7 Å². The van der Waals surface area contributed by atoms with Crippen molar-refractivity contribution in [2.45, 2.75) is 83.7 Å². The zero-order chi connectivity index (χ0) is 39.0. The Hall–Kier alpha value is -4.46. The Morgan fingerprint density at radius 3 is 2.43 bits per heavy atom. The first-order valence-corrected chi connectivity index (χ1v) is 21.9. The van der Waals surface area contributed by atoms with E-state index in [0.29, 0.717) is 57.5 Å². The molecule has 2 aromatic heterocycles. The van der Waals surface area contributed by atoms with Gasteiger partial charge in [0.1, 0.15) is 5.75 Å². The molecule has 0 bridgehead atoms. The van der Waals surface area contributed by atoms with Crippen molar-refractivity contribution in [3.63, 3.8) is 0 Å². The van der Waals surface area contributed by atoms with Crippen molar-refractivity contribution in [3.05, 3.63) is 70.5 Å². The maximum absolute atomic E-state index is 14.4. The zero-order valence-corrected chi connectivity index (χ0v) is 33.5. The van der Waals surface area contributed by atoms with Crippen LogP contribution in [0.25, 0.3) is 33.8 Å². The van der Waals surface area contributed by atoms with Gasteiger partial charge in [0.05, 0.1) is 68.2 Å². The van der Waals surface area contributed by atoms with E-state index in [9.17, 15) is 18.0 Å². The van der Waals surface area contributed by atoms with Crippen LogP contribution in [-0.4, -0.2) is 91.9 Å². The molecule has 4 aromatic rings. The number of rotatable bonds is 10. The highest BCUT2D eigenvalue weighted by molar-refractivity contribution is 7.90. The van der Waals surface area contributed by atoms with Gasteiger partial charge in [0.2, 0.25) is 15.9 Å². The minimum atomic E-state index is -3.75. The number of aromatic nitrogens is 3. The average Bonchev–Trinajstić information content (AvgIpc) is 3.72. The number of amides is 2. The number of ether oxygens (including phenoxy) is 3. The van der Waals surface area contributed by atoms with Gasteiger partial charge in [-0.2, -0.15) is 5.10 Å². The molecule has 0 radical (unpaired) electrons. The molecule has 8 rings (SSSR count). The van der Waals surface area contributed by atoms with E-state index in [1.807, 2.05) is 30.9 Å². The van der Waals surface area contributed by atoms with E-state index in [-0.39, 0.29) is 30.0 Å². The van der Waals surface area contributed by atoms with Crippen molar-refractivity contribution >= 4 is 44.4 Å². The van der Waals surface area contributed by atoms with Crippen molar-refractivity contribution in [3.8, 4) is 17.0 Å². The van der Waals surface area contributed by atoms with Crippen LogP contribution >= 0.6 is 0 Å². The number of sulfonamides is 1. The van der Waals surface area contributed by atoms with Gasteiger partial charge in [-0.25, -0.2) is 8.42 Å². The van der Waals surface area contributed by atoms with Gasteiger partial charge in [0.15, 0.2) is 0 Å². The molecular formula is C43H53N5O7S. The number of benzene rings is 2. The Bertz CT molecular complexity index is 2250. The molecule has 56 heavy (non-hydrogen) atoms. The lowest BCUT2D eigenvalue weighted by atomic mass is 9.81. The first-order valence-electron chi connectivity index (χ1n) is 20.2. The second-order valence-corrected chi connectivity index (χ2v) is 17.9. The number of fused-ring (bicyclic) bond motifs is 5. The van der Waals surface area contributed by atoms with Crippen LogP contribution in [0.5, 0.6) is 5.75 Å². The van der Waals surface area contributed by atoms with Crippen LogP contribution in [0, 0.1) is 5.92 Å². The van der Waals surface area contributed by atoms with E-state index in [0.717, 1.165) is 88.8 Å². The highest BCUT2D eigenvalue weighted by Crippen LogP contribution is 2.48. The minimum Gasteiger partial charge on any atom is -0.497 e. The standard InChI is InChI=1S/C43H53N5O7S/c1-28(2)27-56(51,52)45-39(49)22-29-9-11-36-38(21-29)47-26-32(23-31-24-34(53-3)10-12-35(31)42(47)40(36)30-7-5-4-6-8-30)41-37(43(50)46-15-19-55-20-16-46)25-44-48(41)33-13-17-54-18-14-33/h9-12,21,23-25,28,30,33H,4-8,13-20,22,26-27H2,1-3H3,(H,45,49). The van der Waals surface area contributed by atoms with Gasteiger partial charge in [-0.3, -0.25) is 19.0 Å². The number of hydrogen-bond acceptors (Lipinski definition) is 8. The van der Waals surface area contributed by atoms with Crippen molar-refractivity contribution in [2.75, 3.05) is 52.4 Å². The molecule has 0 unspecified atom stereocenters. The Balaban J connectivity index is 1.31. The average molecular weight is 784 g/mol. The second kappa shape index (κ2) is 16.2. The molecule has 2 saturated heterocycles. The zero-order valence-electron chi connectivity index (χ0n) is 32.7. The Labute approximate surface area is 329 Å². The number of morpholine rings is 1. The first-order chi connectivity index (χ1) is 27.1. The van der Waals surface area contributed by atoms with Crippen molar-refractivity contribution < 1.29 is 32.2 Å². The van der Waals surface area contributed by atoms with Gasteiger partial charge in [-0.05, 0) is 90.1 Å².